The molecule has 94 valence electrons. The maximum Gasteiger partial charge on any atom is 0.0995 e. The summed E-state index contributed by atoms with van der Waals surface area (Å²) in [7, 11) is 0. The molecule has 1 rings (SSSR count). The molecule has 0 radical (unpaired) electrons. The Kier molecular flexibility index (Phi) is 5.47. The van der Waals surface area contributed by atoms with Crippen molar-refractivity contribution >= 4 is 0 Å². The fourth-order valence-corrected chi connectivity index (χ4v) is 2.35. The molecule has 1 heteroatoms. The van der Waals surface area contributed by atoms with E-state index in [9.17, 15) is 5.11 Å². The molecular formula is C16H24O. The molecule has 0 aromatic carbocycles. The molecule has 0 aromatic rings. The van der Waals surface area contributed by atoms with Gasteiger partial charge in [-0.15, -0.1) is 18.9 Å². The number of hydrogen-bond donors (Lipinski definition) is 1. The quantitative estimate of drug-likeness (QED) is 0.553. The van der Waals surface area contributed by atoms with Crippen molar-refractivity contribution in [3.05, 3.63) is 42.2 Å². The second-order valence-electron chi connectivity index (χ2n) is 4.93. The number of aliphatic hydroxyl groups is 1. The largest absolute Gasteiger partial charge is 0.384 e. The van der Waals surface area contributed by atoms with Gasteiger partial charge in [0.1, 0.15) is 0 Å². The highest BCUT2D eigenvalue weighted by Crippen LogP contribution is 2.28. The highest BCUT2D eigenvalue weighted by Gasteiger charge is 2.26. The lowest BCUT2D eigenvalue weighted by molar-refractivity contribution is 0.0850. The molecule has 0 atom stereocenters. The summed E-state index contributed by atoms with van der Waals surface area (Å²) in [5.74, 6) is 0. The van der Waals surface area contributed by atoms with Gasteiger partial charge in [-0.3, -0.25) is 0 Å². The van der Waals surface area contributed by atoms with E-state index < -0.39 is 5.60 Å². The van der Waals surface area contributed by atoms with Crippen LogP contribution in [0.15, 0.2) is 42.2 Å². The van der Waals surface area contributed by atoms with Crippen LogP contribution in [0.2, 0.25) is 0 Å². The van der Waals surface area contributed by atoms with Crippen molar-refractivity contribution in [3.63, 3.8) is 0 Å². The van der Waals surface area contributed by atoms with Crippen molar-refractivity contribution in [3.8, 4) is 0 Å². The molecule has 0 saturated heterocycles. The standard InChI is InChI=1S/C16H24O/c1-4-11-16(17,12-5-2)14(3)13-15-9-7-6-8-10-15/h4-5,17H,1-2,6-12H2,3H3. The average Bonchev–Trinajstić information content (AvgIpc) is 2.31. The third kappa shape index (κ3) is 4.03. The Hall–Kier alpha value is -1.04. The third-order valence-corrected chi connectivity index (χ3v) is 3.48. The maximum atomic E-state index is 10.6. The second-order valence-corrected chi connectivity index (χ2v) is 4.93. The molecule has 0 unspecified atom stereocenters. The summed E-state index contributed by atoms with van der Waals surface area (Å²) in [6.07, 6.45) is 10.8. The molecule has 0 aliphatic heterocycles. The van der Waals surface area contributed by atoms with Gasteiger partial charge in [0.25, 0.3) is 0 Å². The van der Waals surface area contributed by atoms with E-state index in [2.05, 4.69) is 18.9 Å². The summed E-state index contributed by atoms with van der Waals surface area (Å²) in [6.45, 7) is 9.40. The Morgan fingerprint density at radius 3 is 2.24 bits per heavy atom. The molecule has 1 N–H and O–H groups in total. The Labute approximate surface area is 105 Å². The van der Waals surface area contributed by atoms with E-state index in [4.69, 9.17) is 0 Å². The van der Waals surface area contributed by atoms with Crippen LogP contribution in [0.25, 0.3) is 0 Å². The minimum absolute atomic E-state index is 0.561. The first-order valence-corrected chi connectivity index (χ1v) is 6.52. The molecule has 17 heavy (non-hydrogen) atoms. The zero-order valence-corrected chi connectivity index (χ0v) is 11.0. The van der Waals surface area contributed by atoms with Crippen molar-refractivity contribution in [2.24, 2.45) is 0 Å². The summed E-state index contributed by atoms with van der Waals surface area (Å²) in [4.78, 5) is 0. The van der Waals surface area contributed by atoms with Gasteiger partial charge in [-0.1, -0.05) is 18.6 Å². The molecular weight excluding hydrogens is 208 g/mol. The molecule has 0 bridgehead atoms. The van der Waals surface area contributed by atoms with Gasteiger partial charge in [-0.2, -0.15) is 0 Å². The van der Waals surface area contributed by atoms with Crippen LogP contribution in [0.3, 0.4) is 0 Å². The van der Waals surface area contributed by atoms with Crippen molar-refractivity contribution in [2.75, 3.05) is 0 Å². The van der Waals surface area contributed by atoms with E-state index in [1.54, 1.807) is 12.2 Å². The number of hydrogen-bond acceptors (Lipinski definition) is 1. The van der Waals surface area contributed by atoms with Crippen molar-refractivity contribution in [1.29, 1.82) is 0 Å². The van der Waals surface area contributed by atoms with Crippen LogP contribution in [0, 0.1) is 0 Å². The zero-order valence-electron chi connectivity index (χ0n) is 11.0. The predicted molar refractivity (Wildman–Crippen MR) is 73.9 cm³/mol. The van der Waals surface area contributed by atoms with Gasteiger partial charge < -0.3 is 5.11 Å². The van der Waals surface area contributed by atoms with E-state index in [1.807, 2.05) is 6.92 Å². The minimum atomic E-state index is -0.839. The predicted octanol–water partition coefficient (Wildman–Crippen LogP) is 4.31. The van der Waals surface area contributed by atoms with Crippen molar-refractivity contribution in [2.45, 2.75) is 57.5 Å². The second kappa shape index (κ2) is 6.64. The van der Waals surface area contributed by atoms with Crippen LogP contribution in [-0.4, -0.2) is 10.7 Å². The van der Waals surface area contributed by atoms with Gasteiger partial charge in [0.2, 0.25) is 0 Å². The molecule has 1 saturated carbocycles. The smallest absolute Gasteiger partial charge is 0.0995 e. The molecule has 1 fully saturated rings. The summed E-state index contributed by atoms with van der Waals surface area (Å²) in [5.41, 5.74) is 4.86. The van der Waals surface area contributed by atoms with Crippen molar-refractivity contribution in [1.82, 2.24) is 0 Å². The fraction of sp³-hybridized carbons (Fsp3) is 0.562. The zero-order chi connectivity index (χ0) is 12.7. The lowest BCUT2D eigenvalue weighted by Gasteiger charge is -2.26. The highest BCUT2D eigenvalue weighted by atomic mass is 16.3. The van der Waals surface area contributed by atoms with Crippen molar-refractivity contribution < 1.29 is 5.11 Å². The van der Waals surface area contributed by atoms with Crippen LogP contribution >= 0.6 is 0 Å². The van der Waals surface area contributed by atoms with E-state index in [-0.39, 0.29) is 0 Å². The first-order valence-electron chi connectivity index (χ1n) is 6.52. The van der Waals surface area contributed by atoms with Gasteiger partial charge in [-0.25, -0.2) is 0 Å². The third-order valence-electron chi connectivity index (χ3n) is 3.48. The molecule has 1 aliphatic carbocycles. The molecule has 0 amide bonds. The van der Waals surface area contributed by atoms with E-state index in [0.717, 1.165) is 18.4 Å². The Morgan fingerprint density at radius 1 is 1.24 bits per heavy atom. The summed E-state index contributed by atoms with van der Waals surface area (Å²) in [5, 5.41) is 10.6. The lowest BCUT2D eigenvalue weighted by atomic mass is 9.86. The molecule has 0 heterocycles. The summed E-state index contributed by atoms with van der Waals surface area (Å²) < 4.78 is 0. The maximum absolute atomic E-state index is 10.6. The van der Waals surface area contributed by atoms with Gasteiger partial charge in [0.05, 0.1) is 5.60 Å². The van der Waals surface area contributed by atoms with E-state index in [1.165, 1.54) is 24.8 Å². The Balaban J connectivity index is 2.96. The monoisotopic (exact) mass is 232 g/mol. The van der Waals surface area contributed by atoms with Gasteiger partial charge in [0, 0.05) is 5.57 Å². The van der Waals surface area contributed by atoms with E-state index >= 15 is 0 Å². The first-order chi connectivity index (χ1) is 8.12. The summed E-state index contributed by atoms with van der Waals surface area (Å²) >= 11 is 0. The van der Waals surface area contributed by atoms with Crippen LogP contribution in [0.5, 0.6) is 0 Å². The fourth-order valence-electron chi connectivity index (χ4n) is 2.35. The lowest BCUT2D eigenvalue weighted by Crippen LogP contribution is -2.28. The highest BCUT2D eigenvalue weighted by molar-refractivity contribution is 5.20. The molecule has 0 spiro atoms. The first kappa shape index (κ1) is 14.0. The van der Waals surface area contributed by atoms with Gasteiger partial charge >= 0.3 is 0 Å². The molecule has 1 aliphatic rings. The average molecular weight is 232 g/mol. The Morgan fingerprint density at radius 2 is 1.76 bits per heavy atom. The normalized spacial score (nSPS) is 16.2. The minimum Gasteiger partial charge on any atom is -0.384 e. The van der Waals surface area contributed by atoms with Crippen LogP contribution in [0.4, 0.5) is 0 Å². The SMILES string of the molecule is C=CCC(O)(CC=C)C(C)=C=C1CCCCC1. The molecule has 0 aromatic heterocycles. The summed E-state index contributed by atoms with van der Waals surface area (Å²) in [6, 6.07) is 0. The van der Waals surface area contributed by atoms with E-state index in [0.29, 0.717) is 12.8 Å². The Bertz CT molecular complexity index is 325. The van der Waals surface area contributed by atoms with Gasteiger partial charge in [-0.05, 0) is 51.0 Å². The van der Waals surface area contributed by atoms with Crippen LogP contribution in [-0.2, 0) is 0 Å². The van der Waals surface area contributed by atoms with Gasteiger partial charge in [0.15, 0.2) is 0 Å². The van der Waals surface area contributed by atoms with Crippen LogP contribution in [0.1, 0.15) is 51.9 Å². The van der Waals surface area contributed by atoms with Crippen LogP contribution < -0.4 is 0 Å². The molecule has 1 nitrogen and oxygen atoms in total. The topological polar surface area (TPSA) is 20.2 Å². The number of rotatable bonds is 5.